The molecule has 0 unspecified atom stereocenters. The Morgan fingerprint density at radius 2 is 2.11 bits per heavy atom. The van der Waals surface area contributed by atoms with E-state index in [1.54, 1.807) is 7.05 Å². The molecule has 10 nitrogen and oxygen atoms in total. The minimum atomic E-state index is -0.421. The average molecular weight is 514 g/mol. The molecule has 0 aromatic carbocycles. The van der Waals surface area contributed by atoms with Gasteiger partial charge in [-0.25, -0.2) is 9.67 Å². The summed E-state index contributed by atoms with van der Waals surface area (Å²) in [6.07, 6.45) is 9.42. The molecule has 0 bridgehead atoms. The van der Waals surface area contributed by atoms with Crippen LogP contribution >= 0.6 is 0 Å². The zero-order valence-electron chi connectivity index (χ0n) is 23.2. The third-order valence-corrected chi connectivity index (χ3v) is 6.74. The Kier molecular flexibility index (Phi) is 10.9. The van der Waals surface area contributed by atoms with Crippen LogP contribution in [-0.2, 0) is 15.9 Å². The molecule has 2 N–H and O–H groups in total. The lowest BCUT2D eigenvalue weighted by atomic mass is 10.1. The predicted molar refractivity (Wildman–Crippen MR) is 149 cm³/mol. The van der Waals surface area contributed by atoms with Gasteiger partial charge in [-0.3, -0.25) is 0 Å². The Bertz CT molecular complexity index is 1070. The first-order chi connectivity index (χ1) is 17.9. The summed E-state index contributed by atoms with van der Waals surface area (Å²) in [7, 11) is 5.85. The smallest absolute Gasteiger partial charge is 0.160 e. The third-order valence-electron chi connectivity index (χ3n) is 6.74. The number of nitrogens with zero attached hydrogens (tertiary/aromatic N) is 5. The van der Waals surface area contributed by atoms with Gasteiger partial charge in [-0.05, 0) is 45.9 Å². The zero-order chi connectivity index (χ0) is 26.8. The maximum Gasteiger partial charge on any atom is 0.160 e. The summed E-state index contributed by atoms with van der Waals surface area (Å²) in [5.74, 6) is 0.798. The van der Waals surface area contributed by atoms with Crippen LogP contribution in [0, 0.1) is 4.91 Å². The lowest BCUT2D eigenvalue weighted by Gasteiger charge is -2.33. The van der Waals surface area contributed by atoms with E-state index in [4.69, 9.17) is 14.5 Å². The van der Waals surface area contributed by atoms with Crippen molar-refractivity contribution in [3.05, 3.63) is 46.5 Å². The highest BCUT2D eigenvalue weighted by molar-refractivity contribution is 5.90. The number of fused-ring (bicyclic) bond motifs is 1. The van der Waals surface area contributed by atoms with Crippen LogP contribution in [0.4, 0.5) is 5.69 Å². The van der Waals surface area contributed by atoms with Gasteiger partial charge in [0.15, 0.2) is 5.65 Å². The molecule has 3 rings (SSSR count). The van der Waals surface area contributed by atoms with Gasteiger partial charge in [0.25, 0.3) is 0 Å². The van der Waals surface area contributed by atoms with Crippen molar-refractivity contribution in [3.8, 4) is 0 Å². The van der Waals surface area contributed by atoms with Crippen molar-refractivity contribution < 1.29 is 9.47 Å². The second-order valence-electron chi connectivity index (χ2n) is 9.71. The molecule has 1 aliphatic rings. The van der Waals surface area contributed by atoms with Gasteiger partial charge in [-0.1, -0.05) is 18.2 Å². The van der Waals surface area contributed by atoms with Crippen molar-refractivity contribution in [2.45, 2.75) is 64.6 Å². The highest BCUT2D eigenvalue weighted by atomic mass is 16.5. The highest BCUT2D eigenvalue weighted by Gasteiger charge is 2.23. The van der Waals surface area contributed by atoms with Gasteiger partial charge in [0.05, 0.1) is 23.0 Å². The summed E-state index contributed by atoms with van der Waals surface area (Å²) in [4.78, 5) is 18.4. The van der Waals surface area contributed by atoms with Gasteiger partial charge in [0.2, 0.25) is 0 Å². The van der Waals surface area contributed by atoms with Crippen LogP contribution in [0.1, 0.15) is 51.8 Å². The topological polar surface area (TPSA) is 106 Å². The zero-order valence-corrected chi connectivity index (χ0v) is 23.2. The molecule has 10 heteroatoms. The van der Waals surface area contributed by atoms with Gasteiger partial charge in [0, 0.05) is 70.2 Å². The molecule has 0 spiro atoms. The van der Waals surface area contributed by atoms with E-state index in [1.807, 2.05) is 30.9 Å². The van der Waals surface area contributed by atoms with Crippen LogP contribution in [-0.4, -0.2) is 74.4 Å². The maximum atomic E-state index is 11.0. The van der Waals surface area contributed by atoms with E-state index < -0.39 is 6.04 Å². The van der Waals surface area contributed by atoms with Crippen molar-refractivity contribution in [1.29, 1.82) is 0 Å². The summed E-state index contributed by atoms with van der Waals surface area (Å²) >= 11 is 0. The van der Waals surface area contributed by atoms with Crippen LogP contribution in [0.25, 0.3) is 11.0 Å². The first-order valence-corrected chi connectivity index (χ1v) is 13.3. The molecule has 2 aromatic heterocycles. The fraction of sp³-hybridized carbons (Fsp3) is 0.630. The molecule has 1 saturated heterocycles. The number of pyridine rings is 1. The number of anilines is 1. The molecule has 1 aliphatic heterocycles. The molecule has 2 aromatic rings. The lowest BCUT2D eigenvalue weighted by Crippen LogP contribution is -2.36. The number of aromatic nitrogens is 3. The van der Waals surface area contributed by atoms with E-state index in [0.29, 0.717) is 25.4 Å². The summed E-state index contributed by atoms with van der Waals surface area (Å²) in [6.45, 7) is 8.60. The lowest BCUT2D eigenvalue weighted by molar-refractivity contribution is 0.0855. The second-order valence-corrected chi connectivity index (χ2v) is 9.71. The molecule has 0 amide bonds. The molecule has 204 valence electrons. The standard InChI is InChI=1S/C27H43N7O3/c1-7-24(37-18-22(32-35)16-28-4)14-20(29-5)8-9-21-15-26(33(6)23-10-12-36-13-11-23)25-17-30-34(19(2)3)27(25)31-21/h8,14-15,17,19,22-23,28-29H,7,9-13,16,18H2,1-6H3/b20-8+,24-14+/t22-/m0/s1. The van der Waals surface area contributed by atoms with Gasteiger partial charge in [-0.2, -0.15) is 10.0 Å². The number of allylic oxidation sites excluding steroid dienone is 3. The fourth-order valence-electron chi connectivity index (χ4n) is 4.53. The summed E-state index contributed by atoms with van der Waals surface area (Å²) in [6, 6.07) is 2.41. The van der Waals surface area contributed by atoms with E-state index in [1.165, 1.54) is 0 Å². The fourth-order valence-corrected chi connectivity index (χ4v) is 4.53. The Morgan fingerprint density at radius 3 is 2.73 bits per heavy atom. The number of hydrogen-bond acceptors (Lipinski definition) is 9. The Hall–Kier alpha value is -2.98. The van der Waals surface area contributed by atoms with Crippen molar-refractivity contribution in [1.82, 2.24) is 25.4 Å². The van der Waals surface area contributed by atoms with Gasteiger partial charge < -0.3 is 25.0 Å². The average Bonchev–Trinajstić information content (AvgIpc) is 3.36. The van der Waals surface area contributed by atoms with Crippen molar-refractivity contribution in [2.24, 2.45) is 5.18 Å². The van der Waals surface area contributed by atoms with E-state index >= 15 is 0 Å². The second kappa shape index (κ2) is 14.1. The number of ether oxygens (including phenoxy) is 2. The Labute approximate surface area is 220 Å². The molecule has 0 aliphatic carbocycles. The van der Waals surface area contributed by atoms with Crippen molar-refractivity contribution in [2.75, 3.05) is 52.4 Å². The number of nitroso groups, excluding NO2 is 1. The van der Waals surface area contributed by atoms with E-state index in [-0.39, 0.29) is 12.6 Å². The number of rotatable bonds is 14. The molecular weight excluding hydrogens is 470 g/mol. The number of likely N-dealkylation sites (N-methyl/N-ethyl adjacent to an activating group) is 2. The normalized spacial score (nSPS) is 16.3. The molecule has 1 fully saturated rings. The maximum absolute atomic E-state index is 11.0. The molecule has 0 saturated carbocycles. The van der Waals surface area contributed by atoms with E-state index in [2.05, 4.69) is 58.8 Å². The minimum absolute atomic E-state index is 0.213. The van der Waals surface area contributed by atoms with Crippen molar-refractivity contribution >= 4 is 16.7 Å². The quantitative estimate of drug-likeness (QED) is 0.222. The molecule has 1 atom stereocenters. The van der Waals surface area contributed by atoms with Crippen molar-refractivity contribution in [3.63, 3.8) is 0 Å². The number of nitrogens with one attached hydrogen (secondary N) is 2. The van der Waals surface area contributed by atoms with Gasteiger partial charge in [-0.15, -0.1) is 0 Å². The van der Waals surface area contributed by atoms with Crippen LogP contribution in [0.3, 0.4) is 0 Å². The minimum Gasteiger partial charge on any atom is -0.495 e. The first kappa shape index (κ1) is 28.6. The van der Waals surface area contributed by atoms with Crippen LogP contribution in [0.2, 0.25) is 0 Å². The van der Waals surface area contributed by atoms with E-state index in [9.17, 15) is 4.91 Å². The molecule has 0 radical (unpaired) electrons. The molecule has 3 heterocycles. The predicted octanol–water partition coefficient (Wildman–Crippen LogP) is 3.94. The first-order valence-electron chi connectivity index (χ1n) is 13.3. The van der Waals surface area contributed by atoms with Crippen LogP contribution in [0.15, 0.2) is 41.0 Å². The number of hydrogen-bond donors (Lipinski definition) is 2. The van der Waals surface area contributed by atoms with E-state index in [0.717, 1.165) is 59.9 Å². The largest absolute Gasteiger partial charge is 0.495 e. The Morgan fingerprint density at radius 1 is 1.35 bits per heavy atom. The van der Waals surface area contributed by atoms with Crippen LogP contribution < -0.4 is 15.5 Å². The summed E-state index contributed by atoms with van der Waals surface area (Å²) in [5, 5.41) is 15.1. The van der Waals surface area contributed by atoms with Crippen LogP contribution in [0.5, 0.6) is 0 Å². The highest BCUT2D eigenvalue weighted by Crippen LogP contribution is 2.31. The summed E-state index contributed by atoms with van der Waals surface area (Å²) < 4.78 is 13.5. The Balaban J connectivity index is 1.88. The third kappa shape index (κ3) is 7.52. The van der Waals surface area contributed by atoms with Gasteiger partial charge >= 0.3 is 0 Å². The molecule has 37 heavy (non-hydrogen) atoms. The van der Waals surface area contributed by atoms with Gasteiger partial charge in [0.1, 0.15) is 12.6 Å². The SMILES string of the molecule is CC/C(=C\C(=C/Cc1cc(N(C)C2CCOCC2)c2cnn(C(C)C)c2n1)NC)OC[C@H](CNC)N=O. The summed E-state index contributed by atoms with van der Waals surface area (Å²) in [5.41, 5.74) is 3.97. The molecular formula is C27H43N7O3. The monoisotopic (exact) mass is 513 g/mol.